The number of hydrogen-bond donors (Lipinski definition) is 3. The zero-order valence-corrected chi connectivity index (χ0v) is 9.36. The van der Waals surface area contributed by atoms with Crippen molar-refractivity contribution >= 4 is 22.6 Å². The predicted octanol–water partition coefficient (Wildman–Crippen LogP) is -2.43. The number of amides is 2. The van der Waals surface area contributed by atoms with Crippen LogP contribution in [0.25, 0.3) is 0 Å². The van der Waals surface area contributed by atoms with Gasteiger partial charge in [-0.05, 0) is 0 Å². The summed E-state index contributed by atoms with van der Waals surface area (Å²) in [5, 5.41) is 8.05. The fourth-order valence-electron chi connectivity index (χ4n) is 1.19. The Labute approximate surface area is 90.6 Å². The predicted molar refractivity (Wildman–Crippen MR) is 56.7 cm³/mol. The molecule has 0 aromatic rings. The third-order valence-corrected chi connectivity index (χ3v) is 2.80. The first-order valence-electron chi connectivity index (χ1n) is 4.67. The van der Waals surface area contributed by atoms with Gasteiger partial charge in [-0.25, -0.2) is 0 Å². The van der Waals surface area contributed by atoms with E-state index in [0.29, 0.717) is 18.8 Å². The number of hydrogen-bond acceptors (Lipinski definition) is 4. The second-order valence-corrected chi connectivity index (χ2v) is 4.86. The summed E-state index contributed by atoms with van der Waals surface area (Å²) < 4.78 is 10.7. The zero-order chi connectivity index (χ0) is 11.3. The van der Waals surface area contributed by atoms with Crippen LogP contribution in [-0.4, -0.2) is 53.7 Å². The Bertz CT molecular complexity index is 272. The Morgan fingerprint density at radius 3 is 2.93 bits per heavy atom. The van der Waals surface area contributed by atoms with Crippen LogP contribution in [0.4, 0.5) is 0 Å². The van der Waals surface area contributed by atoms with E-state index in [1.54, 1.807) is 6.26 Å². The molecule has 1 heterocycles. The maximum absolute atomic E-state index is 11.5. The Morgan fingerprint density at radius 1 is 1.67 bits per heavy atom. The molecule has 3 N–H and O–H groups in total. The number of nitrogens with one attached hydrogen (secondary N) is 3. The molecule has 1 aliphatic heterocycles. The van der Waals surface area contributed by atoms with Crippen molar-refractivity contribution in [3.63, 3.8) is 0 Å². The lowest BCUT2D eigenvalue weighted by atomic mass is 10.2. The maximum Gasteiger partial charge on any atom is 0.239 e. The molecule has 1 aliphatic rings. The van der Waals surface area contributed by atoms with Gasteiger partial charge in [0.05, 0.1) is 6.54 Å². The van der Waals surface area contributed by atoms with Crippen LogP contribution in [0.3, 0.4) is 0 Å². The van der Waals surface area contributed by atoms with Gasteiger partial charge < -0.3 is 10.6 Å². The van der Waals surface area contributed by atoms with Gasteiger partial charge in [-0.2, -0.15) is 0 Å². The molecule has 1 fully saturated rings. The Balaban J connectivity index is 2.22. The first kappa shape index (κ1) is 12.1. The average Bonchev–Trinajstić information content (AvgIpc) is 2.18. The van der Waals surface area contributed by atoms with Gasteiger partial charge in [0, 0.05) is 35.9 Å². The lowest BCUT2D eigenvalue weighted by molar-refractivity contribution is -0.126. The van der Waals surface area contributed by atoms with Crippen molar-refractivity contribution in [3.05, 3.63) is 0 Å². The molecule has 15 heavy (non-hydrogen) atoms. The molecule has 1 rings (SSSR count). The highest BCUT2D eigenvalue weighted by Crippen LogP contribution is 1.88. The lowest BCUT2D eigenvalue weighted by Crippen LogP contribution is -2.58. The molecule has 0 radical (unpaired) electrons. The van der Waals surface area contributed by atoms with Gasteiger partial charge >= 0.3 is 0 Å². The largest absolute Gasteiger partial charge is 0.354 e. The monoisotopic (exact) mass is 233 g/mol. The molecule has 7 heteroatoms. The first-order chi connectivity index (χ1) is 7.09. The molecule has 0 aromatic carbocycles. The second-order valence-electron chi connectivity index (χ2n) is 3.31. The van der Waals surface area contributed by atoms with E-state index in [4.69, 9.17) is 0 Å². The fourth-order valence-corrected chi connectivity index (χ4v) is 1.58. The van der Waals surface area contributed by atoms with Crippen LogP contribution in [0.5, 0.6) is 0 Å². The minimum absolute atomic E-state index is 0.103. The summed E-state index contributed by atoms with van der Waals surface area (Å²) in [6.45, 7) is 0.867. The van der Waals surface area contributed by atoms with Gasteiger partial charge in [-0.3, -0.25) is 19.1 Å². The van der Waals surface area contributed by atoms with Crippen LogP contribution in [0.2, 0.25) is 0 Å². The zero-order valence-electron chi connectivity index (χ0n) is 8.54. The molecule has 2 amide bonds. The van der Waals surface area contributed by atoms with Crippen LogP contribution in [-0.2, 0) is 20.4 Å². The SMILES string of the molecule is CS(=O)CCNC(=O)C1CNC(=O)CN1. The van der Waals surface area contributed by atoms with E-state index < -0.39 is 10.8 Å². The number of piperazine rings is 1. The molecule has 0 aliphatic carbocycles. The Morgan fingerprint density at radius 2 is 2.40 bits per heavy atom. The Kier molecular flexibility index (Phi) is 4.70. The number of carbonyl (C=O) groups excluding carboxylic acids is 2. The van der Waals surface area contributed by atoms with Gasteiger partial charge in [-0.1, -0.05) is 0 Å². The first-order valence-corrected chi connectivity index (χ1v) is 6.40. The van der Waals surface area contributed by atoms with E-state index in [-0.39, 0.29) is 24.4 Å². The van der Waals surface area contributed by atoms with Crippen LogP contribution in [0.1, 0.15) is 0 Å². The van der Waals surface area contributed by atoms with Gasteiger partial charge in [0.25, 0.3) is 0 Å². The van der Waals surface area contributed by atoms with E-state index in [0.717, 1.165) is 0 Å². The van der Waals surface area contributed by atoms with Crippen LogP contribution >= 0.6 is 0 Å². The molecule has 0 bridgehead atoms. The molecular formula is C8H15N3O3S. The smallest absolute Gasteiger partial charge is 0.239 e. The van der Waals surface area contributed by atoms with Crippen molar-refractivity contribution in [1.82, 2.24) is 16.0 Å². The van der Waals surface area contributed by atoms with Crippen LogP contribution in [0, 0.1) is 0 Å². The van der Waals surface area contributed by atoms with Crippen molar-refractivity contribution in [2.75, 3.05) is 31.6 Å². The van der Waals surface area contributed by atoms with Gasteiger partial charge in [-0.15, -0.1) is 0 Å². The minimum Gasteiger partial charge on any atom is -0.354 e. The van der Waals surface area contributed by atoms with E-state index in [9.17, 15) is 13.8 Å². The standard InChI is InChI=1S/C8H15N3O3S/c1-15(14)3-2-9-8(13)6-4-11-7(12)5-10-6/h6,10H,2-5H2,1H3,(H,9,13)(H,11,12). The summed E-state index contributed by atoms with van der Waals surface area (Å²) in [6.07, 6.45) is 1.59. The summed E-state index contributed by atoms with van der Waals surface area (Å²) in [6, 6.07) is -0.381. The molecule has 0 saturated carbocycles. The highest BCUT2D eigenvalue weighted by Gasteiger charge is 2.22. The maximum atomic E-state index is 11.5. The van der Waals surface area contributed by atoms with E-state index in [2.05, 4.69) is 16.0 Å². The topological polar surface area (TPSA) is 87.3 Å². The van der Waals surface area contributed by atoms with Gasteiger partial charge in [0.15, 0.2) is 0 Å². The second kappa shape index (κ2) is 5.82. The molecular weight excluding hydrogens is 218 g/mol. The van der Waals surface area contributed by atoms with Crippen LogP contribution in [0.15, 0.2) is 0 Å². The molecule has 0 aromatic heterocycles. The van der Waals surface area contributed by atoms with E-state index in [1.165, 1.54) is 0 Å². The molecule has 2 atom stereocenters. The summed E-state index contributed by atoms with van der Waals surface area (Å²) >= 11 is 0. The van der Waals surface area contributed by atoms with Crippen molar-refractivity contribution in [3.8, 4) is 0 Å². The third-order valence-electron chi connectivity index (χ3n) is 2.02. The van der Waals surface area contributed by atoms with Gasteiger partial charge in [0.1, 0.15) is 6.04 Å². The van der Waals surface area contributed by atoms with E-state index in [1.807, 2.05) is 0 Å². The number of carbonyl (C=O) groups is 2. The summed E-state index contributed by atoms with van der Waals surface area (Å²) in [5.41, 5.74) is 0. The minimum atomic E-state index is -0.898. The highest BCUT2D eigenvalue weighted by atomic mass is 32.2. The molecule has 86 valence electrons. The summed E-state index contributed by atoms with van der Waals surface area (Å²) in [7, 11) is -0.898. The molecule has 0 spiro atoms. The summed E-state index contributed by atoms with van der Waals surface area (Å²) in [4.78, 5) is 22.3. The average molecular weight is 233 g/mol. The fraction of sp³-hybridized carbons (Fsp3) is 0.750. The van der Waals surface area contributed by atoms with Gasteiger partial charge in [0.2, 0.25) is 11.8 Å². The molecule has 6 nitrogen and oxygen atoms in total. The quantitative estimate of drug-likeness (QED) is 0.504. The van der Waals surface area contributed by atoms with Crippen molar-refractivity contribution in [2.24, 2.45) is 0 Å². The lowest BCUT2D eigenvalue weighted by Gasteiger charge is -2.22. The molecule has 1 saturated heterocycles. The van der Waals surface area contributed by atoms with Crippen molar-refractivity contribution in [2.45, 2.75) is 6.04 Å². The highest BCUT2D eigenvalue weighted by molar-refractivity contribution is 7.84. The van der Waals surface area contributed by atoms with E-state index >= 15 is 0 Å². The van der Waals surface area contributed by atoms with Crippen molar-refractivity contribution < 1.29 is 13.8 Å². The third kappa shape index (κ3) is 4.39. The van der Waals surface area contributed by atoms with Crippen molar-refractivity contribution in [1.29, 1.82) is 0 Å². The van der Waals surface area contributed by atoms with Crippen LogP contribution < -0.4 is 16.0 Å². The summed E-state index contributed by atoms with van der Waals surface area (Å²) in [5.74, 6) is 0.180. The molecule has 2 unspecified atom stereocenters. The number of rotatable bonds is 4. The normalized spacial score (nSPS) is 23.0. The Hall–Kier alpha value is -0.950.